The Morgan fingerprint density at radius 2 is 2.20 bits per heavy atom. The Labute approximate surface area is 116 Å². The van der Waals surface area contributed by atoms with Gasteiger partial charge in [0.1, 0.15) is 5.82 Å². The number of anilines is 1. The highest BCUT2D eigenvalue weighted by molar-refractivity contribution is 5.95. The van der Waals surface area contributed by atoms with Gasteiger partial charge in [0, 0.05) is 25.8 Å². The van der Waals surface area contributed by atoms with Crippen LogP contribution in [0.3, 0.4) is 0 Å². The summed E-state index contributed by atoms with van der Waals surface area (Å²) in [5.41, 5.74) is 5.89. The van der Waals surface area contributed by atoms with E-state index in [9.17, 15) is 14.0 Å². The molecule has 0 bridgehead atoms. The van der Waals surface area contributed by atoms with E-state index >= 15 is 0 Å². The van der Waals surface area contributed by atoms with Crippen molar-refractivity contribution in [1.82, 2.24) is 10.2 Å². The fourth-order valence-electron chi connectivity index (χ4n) is 2.46. The van der Waals surface area contributed by atoms with Gasteiger partial charge in [-0.25, -0.2) is 4.39 Å². The number of hydrogen-bond acceptors (Lipinski definition) is 3. The lowest BCUT2D eigenvalue weighted by atomic mass is 9.96. The predicted molar refractivity (Wildman–Crippen MR) is 73.5 cm³/mol. The summed E-state index contributed by atoms with van der Waals surface area (Å²) in [5, 5.41) is 2.58. The van der Waals surface area contributed by atoms with E-state index in [0.717, 1.165) is 12.8 Å². The van der Waals surface area contributed by atoms with Crippen LogP contribution in [0.15, 0.2) is 18.2 Å². The molecule has 108 valence electrons. The molecule has 0 spiro atoms. The first-order chi connectivity index (χ1) is 9.52. The summed E-state index contributed by atoms with van der Waals surface area (Å²) in [6.45, 7) is 0.841. The molecule has 0 aliphatic carbocycles. The van der Waals surface area contributed by atoms with Gasteiger partial charge in [-0.3, -0.25) is 9.59 Å². The zero-order valence-electron chi connectivity index (χ0n) is 11.4. The van der Waals surface area contributed by atoms with Crippen LogP contribution < -0.4 is 11.1 Å². The van der Waals surface area contributed by atoms with E-state index in [1.54, 1.807) is 7.05 Å². The van der Waals surface area contributed by atoms with Crippen molar-refractivity contribution < 1.29 is 14.0 Å². The smallest absolute Gasteiger partial charge is 0.256 e. The molecule has 1 unspecified atom stereocenters. The first kappa shape index (κ1) is 14.3. The third kappa shape index (κ3) is 2.89. The van der Waals surface area contributed by atoms with Crippen molar-refractivity contribution in [3.8, 4) is 0 Å². The average Bonchev–Trinajstić information content (AvgIpc) is 2.48. The lowest BCUT2D eigenvalue weighted by molar-refractivity contribution is -0.125. The summed E-state index contributed by atoms with van der Waals surface area (Å²) in [5.74, 6) is -1.33. The number of halogens is 1. The quantitative estimate of drug-likeness (QED) is 0.793. The fourth-order valence-corrected chi connectivity index (χ4v) is 2.46. The molecule has 0 radical (unpaired) electrons. The van der Waals surface area contributed by atoms with E-state index in [4.69, 9.17) is 5.73 Å². The van der Waals surface area contributed by atoms with Gasteiger partial charge >= 0.3 is 0 Å². The molecule has 2 amide bonds. The van der Waals surface area contributed by atoms with Gasteiger partial charge in [-0.15, -0.1) is 0 Å². The number of piperidine rings is 1. The van der Waals surface area contributed by atoms with Crippen molar-refractivity contribution in [2.24, 2.45) is 5.92 Å². The molecule has 1 saturated heterocycles. The fraction of sp³-hybridized carbons (Fsp3) is 0.429. The number of likely N-dealkylation sites (tertiary alicyclic amines) is 1. The number of nitrogens with two attached hydrogens (primary N) is 1. The van der Waals surface area contributed by atoms with Crippen molar-refractivity contribution >= 4 is 17.5 Å². The number of nitrogens with one attached hydrogen (secondary N) is 1. The first-order valence-electron chi connectivity index (χ1n) is 6.59. The highest BCUT2D eigenvalue weighted by atomic mass is 19.1. The molecule has 3 N–H and O–H groups in total. The molecule has 1 aromatic rings. The average molecular weight is 279 g/mol. The predicted octanol–water partition coefficient (Wildman–Crippen LogP) is 1.01. The normalized spacial score (nSPS) is 18.7. The highest BCUT2D eigenvalue weighted by Crippen LogP contribution is 2.21. The van der Waals surface area contributed by atoms with Gasteiger partial charge in [0.25, 0.3) is 5.91 Å². The molecule has 1 aromatic carbocycles. The molecule has 0 aromatic heterocycles. The third-order valence-electron chi connectivity index (χ3n) is 3.55. The Hall–Kier alpha value is -2.11. The topological polar surface area (TPSA) is 75.4 Å². The molecule has 1 aliphatic rings. The lowest BCUT2D eigenvalue weighted by Gasteiger charge is -2.32. The van der Waals surface area contributed by atoms with E-state index in [1.165, 1.54) is 23.1 Å². The number of nitrogen functional groups attached to an aromatic ring is 1. The van der Waals surface area contributed by atoms with E-state index < -0.39 is 11.7 Å². The van der Waals surface area contributed by atoms with Crippen LogP contribution in [0.1, 0.15) is 23.2 Å². The maximum atomic E-state index is 13.7. The van der Waals surface area contributed by atoms with Crippen LogP contribution in [-0.4, -0.2) is 36.9 Å². The van der Waals surface area contributed by atoms with E-state index in [2.05, 4.69) is 5.32 Å². The number of amides is 2. The minimum Gasteiger partial charge on any atom is -0.399 e. The molecule has 20 heavy (non-hydrogen) atoms. The molecule has 5 nitrogen and oxygen atoms in total. The SMILES string of the molecule is CNC(=O)C1CCCN(C(=O)c2cc(N)ccc2F)C1. The van der Waals surface area contributed by atoms with E-state index in [1.807, 2.05) is 0 Å². The summed E-state index contributed by atoms with van der Waals surface area (Å²) in [6, 6.07) is 3.93. The molecule has 2 rings (SSSR count). The molecule has 1 atom stereocenters. The third-order valence-corrected chi connectivity index (χ3v) is 3.55. The zero-order chi connectivity index (χ0) is 14.7. The maximum absolute atomic E-state index is 13.7. The van der Waals surface area contributed by atoms with Crippen LogP contribution >= 0.6 is 0 Å². The highest BCUT2D eigenvalue weighted by Gasteiger charge is 2.29. The van der Waals surface area contributed by atoms with Gasteiger partial charge < -0.3 is 16.0 Å². The Kier molecular flexibility index (Phi) is 4.22. The number of carbonyl (C=O) groups is 2. The number of benzene rings is 1. The minimum absolute atomic E-state index is 0.0393. The van der Waals surface area contributed by atoms with Gasteiger partial charge in [-0.1, -0.05) is 0 Å². The second kappa shape index (κ2) is 5.90. The van der Waals surface area contributed by atoms with Crippen LogP contribution in [0.4, 0.5) is 10.1 Å². The second-order valence-corrected chi connectivity index (χ2v) is 4.94. The number of carbonyl (C=O) groups excluding carboxylic acids is 2. The van der Waals surface area contributed by atoms with Crippen molar-refractivity contribution in [3.63, 3.8) is 0 Å². The van der Waals surface area contributed by atoms with Crippen LogP contribution in [0.25, 0.3) is 0 Å². The Bertz CT molecular complexity index is 533. The summed E-state index contributed by atoms with van der Waals surface area (Å²) in [6.07, 6.45) is 1.47. The van der Waals surface area contributed by atoms with Crippen molar-refractivity contribution in [2.75, 3.05) is 25.9 Å². The molecule has 1 fully saturated rings. The second-order valence-electron chi connectivity index (χ2n) is 4.94. The van der Waals surface area contributed by atoms with Gasteiger partial charge in [0.2, 0.25) is 5.91 Å². The summed E-state index contributed by atoms with van der Waals surface area (Å²) in [4.78, 5) is 25.5. The number of hydrogen-bond donors (Lipinski definition) is 2. The molecule has 0 saturated carbocycles. The minimum atomic E-state index is -0.591. The molecular formula is C14H18FN3O2. The van der Waals surface area contributed by atoms with Crippen LogP contribution in [0, 0.1) is 11.7 Å². The monoisotopic (exact) mass is 279 g/mol. The van der Waals surface area contributed by atoms with Crippen molar-refractivity contribution in [2.45, 2.75) is 12.8 Å². The summed E-state index contributed by atoms with van der Waals surface area (Å²) in [7, 11) is 1.57. The Balaban J connectivity index is 2.16. The maximum Gasteiger partial charge on any atom is 0.256 e. The summed E-state index contributed by atoms with van der Waals surface area (Å²) < 4.78 is 13.7. The molecule has 1 aliphatic heterocycles. The van der Waals surface area contributed by atoms with Crippen LogP contribution in [0.2, 0.25) is 0 Å². The van der Waals surface area contributed by atoms with Gasteiger partial charge in [-0.2, -0.15) is 0 Å². The van der Waals surface area contributed by atoms with Crippen molar-refractivity contribution in [3.05, 3.63) is 29.6 Å². The van der Waals surface area contributed by atoms with Crippen LogP contribution in [-0.2, 0) is 4.79 Å². The Morgan fingerprint density at radius 3 is 2.90 bits per heavy atom. The lowest BCUT2D eigenvalue weighted by Crippen LogP contribution is -2.45. The van der Waals surface area contributed by atoms with E-state index in [-0.39, 0.29) is 17.4 Å². The molecule has 6 heteroatoms. The first-order valence-corrected chi connectivity index (χ1v) is 6.59. The largest absolute Gasteiger partial charge is 0.399 e. The molecular weight excluding hydrogens is 261 g/mol. The van der Waals surface area contributed by atoms with Gasteiger partial charge in [0.05, 0.1) is 11.5 Å². The van der Waals surface area contributed by atoms with Gasteiger partial charge in [0.15, 0.2) is 0 Å². The Morgan fingerprint density at radius 1 is 1.45 bits per heavy atom. The summed E-state index contributed by atoms with van der Waals surface area (Å²) >= 11 is 0. The molecule has 1 heterocycles. The standard InChI is InChI=1S/C14H18FN3O2/c1-17-13(19)9-3-2-6-18(8-9)14(20)11-7-10(16)4-5-12(11)15/h4-5,7,9H,2-3,6,8,16H2,1H3,(H,17,19). The van der Waals surface area contributed by atoms with Crippen LogP contribution in [0.5, 0.6) is 0 Å². The van der Waals surface area contributed by atoms with Crippen molar-refractivity contribution in [1.29, 1.82) is 0 Å². The van der Waals surface area contributed by atoms with E-state index in [0.29, 0.717) is 18.8 Å². The number of nitrogens with zero attached hydrogens (tertiary/aromatic N) is 1. The zero-order valence-corrected chi connectivity index (χ0v) is 11.4. The number of rotatable bonds is 2. The van der Waals surface area contributed by atoms with Gasteiger partial charge in [-0.05, 0) is 31.0 Å².